The monoisotopic (exact) mass is 408 g/mol. The highest BCUT2D eigenvalue weighted by Gasteiger charge is 2.14. The summed E-state index contributed by atoms with van der Waals surface area (Å²) in [7, 11) is 2.07. The number of benzene rings is 1. The Balaban J connectivity index is 0.00000196. The lowest BCUT2D eigenvalue weighted by molar-refractivity contribution is -0.510. The number of nitrogens with one attached hydrogen (secondary N) is 1. The smallest absolute Gasteiger partial charge is 0.286 e. The summed E-state index contributed by atoms with van der Waals surface area (Å²) in [6.45, 7) is 0. The Kier molecular flexibility index (Phi) is 5.38. The van der Waals surface area contributed by atoms with E-state index in [1.807, 2.05) is 24.3 Å². The van der Waals surface area contributed by atoms with Gasteiger partial charge in [0, 0.05) is 24.0 Å². The first-order chi connectivity index (χ1) is 12.3. The molecule has 0 amide bonds. The Hall–Kier alpha value is -3.06. The Labute approximate surface area is 161 Å². The molecule has 0 unspecified atom stereocenters. The van der Waals surface area contributed by atoms with Gasteiger partial charge in [0.05, 0.1) is 19.5 Å². The maximum absolute atomic E-state index is 4.16. The molecule has 0 atom stereocenters. The van der Waals surface area contributed by atoms with Crippen LogP contribution in [0.5, 0.6) is 0 Å². The summed E-state index contributed by atoms with van der Waals surface area (Å²) < 4.78 is 4.30. The Bertz CT molecular complexity index is 1030. The third-order valence-corrected chi connectivity index (χ3v) is 3.98. The minimum atomic E-state index is 0. The van der Waals surface area contributed by atoms with Gasteiger partial charge < -0.3 is 17.0 Å². The van der Waals surface area contributed by atoms with Gasteiger partial charge in [0.15, 0.2) is 5.69 Å². The zero-order valence-corrected chi connectivity index (χ0v) is 15.7. The lowest BCUT2D eigenvalue weighted by atomic mass is 10.1. The normalized spacial score (nSPS) is 10.8. The summed E-state index contributed by atoms with van der Waals surface area (Å²) in [5.74, 6) is 0.475. The second-order valence-corrected chi connectivity index (χ2v) is 5.60. The predicted octanol–water partition coefficient (Wildman–Crippen LogP) is -0.329. The van der Waals surface area contributed by atoms with Crippen molar-refractivity contribution in [2.75, 3.05) is 5.43 Å². The van der Waals surface area contributed by atoms with Crippen LogP contribution in [0.25, 0.3) is 16.9 Å². The van der Waals surface area contributed by atoms with Crippen LogP contribution in [0.3, 0.4) is 0 Å². The second-order valence-electron chi connectivity index (χ2n) is 5.60. The molecule has 3 heterocycles. The van der Waals surface area contributed by atoms with Crippen LogP contribution in [0.2, 0.25) is 0 Å². The van der Waals surface area contributed by atoms with Crippen molar-refractivity contribution in [3.63, 3.8) is 0 Å². The zero-order chi connectivity index (χ0) is 17.1. The van der Waals surface area contributed by atoms with E-state index in [9.17, 15) is 0 Å². The number of fused-ring (bicyclic) bond motifs is 1. The molecule has 0 aliphatic carbocycles. The molecule has 0 bridgehead atoms. The van der Waals surface area contributed by atoms with Crippen molar-refractivity contribution in [2.24, 2.45) is 12.1 Å². The molecule has 0 fully saturated rings. The topological polar surface area (TPSA) is 59.2 Å². The van der Waals surface area contributed by atoms with Gasteiger partial charge in [-0.05, 0) is 29.8 Å². The van der Waals surface area contributed by atoms with Crippen LogP contribution in [-0.2, 0) is 7.05 Å². The predicted molar refractivity (Wildman–Crippen MR) is 97.3 cm³/mol. The van der Waals surface area contributed by atoms with Gasteiger partial charge in [-0.3, -0.25) is 0 Å². The van der Waals surface area contributed by atoms with E-state index in [-0.39, 0.29) is 17.0 Å². The quantitative estimate of drug-likeness (QED) is 0.285. The van der Waals surface area contributed by atoms with Crippen molar-refractivity contribution in [3.8, 4) is 11.3 Å². The van der Waals surface area contributed by atoms with Gasteiger partial charge in [0.25, 0.3) is 5.65 Å². The molecule has 7 heteroatoms. The van der Waals surface area contributed by atoms with E-state index in [1.165, 1.54) is 0 Å². The van der Waals surface area contributed by atoms with Gasteiger partial charge >= 0.3 is 0 Å². The highest BCUT2D eigenvalue weighted by Crippen LogP contribution is 2.19. The molecule has 1 N–H and O–H groups in total. The van der Waals surface area contributed by atoms with Gasteiger partial charge in [0.1, 0.15) is 6.20 Å². The van der Waals surface area contributed by atoms with E-state index in [0.29, 0.717) is 5.95 Å². The average Bonchev–Trinajstić information content (AvgIpc) is 3.00. The lowest BCUT2D eigenvalue weighted by Crippen LogP contribution is -3.00. The van der Waals surface area contributed by atoms with Crippen LogP contribution in [-0.4, -0.2) is 20.7 Å². The molecule has 0 saturated carbocycles. The SMILES string of the molecule is Cn1c(-c2ccc(/C=N/Nc3ncccn3)cc2)c[n+]2ccccc12.[Br-]. The van der Waals surface area contributed by atoms with Gasteiger partial charge in [-0.1, -0.05) is 18.2 Å². The van der Waals surface area contributed by atoms with E-state index in [4.69, 9.17) is 0 Å². The summed E-state index contributed by atoms with van der Waals surface area (Å²) in [5, 5.41) is 4.16. The Morgan fingerprint density at radius 2 is 1.81 bits per heavy atom. The zero-order valence-electron chi connectivity index (χ0n) is 14.1. The Morgan fingerprint density at radius 3 is 2.54 bits per heavy atom. The number of imidazole rings is 1. The molecule has 0 saturated heterocycles. The summed E-state index contributed by atoms with van der Waals surface area (Å²) >= 11 is 0. The van der Waals surface area contributed by atoms with Crippen LogP contribution in [0.15, 0.2) is 78.4 Å². The summed E-state index contributed by atoms with van der Waals surface area (Å²) in [4.78, 5) is 8.11. The Morgan fingerprint density at radius 1 is 1.04 bits per heavy atom. The number of hydrogen-bond acceptors (Lipinski definition) is 4. The number of hydrazone groups is 1. The van der Waals surface area contributed by atoms with Crippen LogP contribution < -0.4 is 26.8 Å². The molecule has 0 aliphatic rings. The van der Waals surface area contributed by atoms with Crippen LogP contribution >= 0.6 is 0 Å². The number of hydrogen-bond donors (Lipinski definition) is 1. The van der Waals surface area contributed by atoms with Crippen molar-refractivity contribution >= 4 is 17.8 Å². The van der Waals surface area contributed by atoms with Crippen LogP contribution in [0.1, 0.15) is 5.56 Å². The molecular weight excluding hydrogens is 392 g/mol. The van der Waals surface area contributed by atoms with Gasteiger partial charge in [0.2, 0.25) is 5.95 Å². The van der Waals surface area contributed by atoms with Crippen molar-refractivity contribution < 1.29 is 21.4 Å². The fourth-order valence-corrected chi connectivity index (χ4v) is 2.71. The average molecular weight is 409 g/mol. The minimum Gasteiger partial charge on any atom is -1.00 e. The van der Waals surface area contributed by atoms with Gasteiger partial charge in [-0.25, -0.2) is 24.4 Å². The second kappa shape index (κ2) is 7.88. The maximum atomic E-state index is 4.16. The van der Waals surface area contributed by atoms with Crippen molar-refractivity contribution in [1.29, 1.82) is 0 Å². The van der Waals surface area contributed by atoms with Gasteiger partial charge in [-0.2, -0.15) is 5.10 Å². The van der Waals surface area contributed by atoms with Crippen LogP contribution in [0, 0.1) is 0 Å². The molecule has 0 radical (unpaired) electrons. The minimum absolute atomic E-state index is 0. The molecular formula is C19H17BrN6. The molecule has 1 aromatic carbocycles. The van der Waals surface area contributed by atoms with E-state index in [2.05, 4.69) is 67.1 Å². The highest BCUT2D eigenvalue weighted by atomic mass is 79.9. The third kappa shape index (κ3) is 3.62. The van der Waals surface area contributed by atoms with E-state index < -0.39 is 0 Å². The molecule has 0 spiro atoms. The molecule has 4 aromatic rings. The standard InChI is InChI=1S/C19H17N6.BrH/c1-24-17(14-25-12-3-2-5-18(24)25)16-8-6-15(7-9-16)13-22-23-19-20-10-4-11-21-19;/h2-14H,1H3,(H,20,21,23);1H/q+1;/p-1/b22-13+;. The number of halogens is 1. The maximum Gasteiger partial charge on any atom is 0.286 e. The first-order valence-corrected chi connectivity index (χ1v) is 7.93. The number of anilines is 1. The molecule has 0 aliphatic heterocycles. The van der Waals surface area contributed by atoms with Crippen molar-refractivity contribution in [1.82, 2.24) is 14.5 Å². The molecule has 4 rings (SSSR count). The molecule has 130 valence electrons. The summed E-state index contributed by atoms with van der Waals surface area (Å²) in [6, 6.07) is 16.2. The van der Waals surface area contributed by atoms with E-state index in [0.717, 1.165) is 22.5 Å². The summed E-state index contributed by atoms with van der Waals surface area (Å²) in [5.41, 5.74) is 7.27. The highest BCUT2D eigenvalue weighted by molar-refractivity contribution is 5.81. The number of aryl methyl sites for hydroxylation is 1. The lowest BCUT2D eigenvalue weighted by Gasteiger charge is -1.99. The largest absolute Gasteiger partial charge is 1.00 e. The van der Waals surface area contributed by atoms with Crippen LogP contribution in [0.4, 0.5) is 5.95 Å². The molecule has 26 heavy (non-hydrogen) atoms. The number of aromatic nitrogens is 4. The number of rotatable bonds is 4. The van der Waals surface area contributed by atoms with Gasteiger partial charge in [-0.15, -0.1) is 0 Å². The van der Waals surface area contributed by atoms with Crippen molar-refractivity contribution in [3.05, 3.63) is 78.9 Å². The van der Waals surface area contributed by atoms with E-state index >= 15 is 0 Å². The fourth-order valence-electron chi connectivity index (χ4n) is 2.71. The summed E-state index contributed by atoms with van der Waals surface area (Å²) in [6.07, 6.45) is 9.27. The van der Waals surface area contributed by atoms with E-state index in [1.54, 1.807) is 24.7 Å². The van der Waals surface area contributed by atoms with Crippen molar-refractivity contribution in [2.45, 2.75) is 0 Å². The number of nitrogens with zero attached hydrogens (tertiary/aromatic N) is 5. The molecule has 6 nitrogen and oxygen atoms in total. The molecule has 3 aromatic heterocycles. The number of pyridine rings is 1. The first-order valence-electron chi connectivity index (χ1n) is 7.93. The third-order valence-electron chi connectivity index (χ3n) is 3.98. The first kappa shape index (κ1) is 17.8. The fraction of sp³-hybridized carbons (Fsp3) is 0.0526.